The van der Waals surface area contributed by atoms with Gasteiger partial charge >= 0.3 is 0 Å². The summed E-state index contributed by atoms with van der Waals surface area (Å²) in [6, 6.07) is 3.93. The third kappa shape index (κ3) is 3.93. The third-order valence-electron chi connectivity index (χ3n) is 3.29. The van der Waals surface area contributed by atoms with E-state index in [0.29, 0.717) is 13.1 Å². The lowest BCUT2D eigenvalue weighted by atomic mass is 10.2. The molecule has 21 heavy (non-hydrogen) atoms. The Bertz CT molecular complexity index is 610. The number of rotatable bonds is 5. The van der Waals surface area contributed by atoms with Gasteiger partial charge in [-0.1, -0.05) is 17.7 Å². The molecule has 1 aliphatic heterocycles. The highest BCUT2D eigenvalue weighted by Crippen LogP contribution is 2.18. The predicted molar refractivity (Wildman–Crippen MR) is 78.3 cm³/mol. The summed E-state index contributed by atoms with van der Waals surface area (Å²) in [5.41, 5.74) is -0.266. The average Bonchev–Trinajstić information content (AvgIpc) is 2.92. The Morgan fingerprint density at radius 2 is 2.00 bits per heavy atom. The lowest BCUT2D eigenvalue weighted by molar-refractivity contribution is 0.0952. The summed E-state index contributed by atoms with van der Waals surface area (Å²) in [4.78, 5) is 11.8. The van der Waals surface area contributed by atoms with Crippen LogP contribution in [0.15, 0.2) is 18.2 Å². The zero-order valence-electron chi connectivity index (χ0n) is 11.3. The van der Waals surface area contributed by atoms with Gasteiger partial charge in [-0.2, -0.15) is 0 Å². The van der Waals surface area contributed by atoms with Crippen molar-refractivity contribution in [2.24, 2.45) is 0 Å². The second-order valence-corrected chi connectivity index (χ2v) is 7.27. The maximum absolute atomic E-state index is 13.5. The first-order valence-electron chi connectivity index (χ1n) is 6.62. The van der Waals surface area contributed by atoms with Crippen molar-refractivity contribution in [3.05, 3.63) is 34.6 Å². The molecule has 8 heteroatoms. The number of hydrogen-bond donors (Lipinski definition) is 1. The first kappa shape index (κ1) is 16.2. The number of hydrogen-bond acceptors (Lipinski definition) is 3. The van der Waals surface area contributed by atoms with E-state index in [9.17, 15) is 17.6 Å². The van der Waals surface area contributed by atoms with Crippen molar-refractivity contribution < 1.29 is 17.6 Å². The quantitative estimate of drug-likeness (QED) is 0.890. The molecule has 0 atom stereocenters. The second-order valence-electron chi connectivity index (χ2n) is 4.77. The molecule has 1 heterocycles. The van der Waals surface area contributed by atoms with Gasteiger partial charge in [-0.15, -0.1) is 0 Å². The van der Waals surface area contributed by atoms with Gasteiger partial charge in [0, 0.05) is 19.6 Å². The van der Waals surface area contributed by atoms with E-state index >= 15 is 0 Å². The van der Waals surface area contributed by atoms with E-state index in [0.717, 1.165) is 18.9 Å². The topological polar surface area (TPSA) is 66.5 Å². The van der Waals surface area contributed by atoms with Crippen LogP contribution in [0.1, 0.15) is 23.2 Å². The minimum absolute atomic E-state index is 0.00472. The summed E-state index contributed by atoms with van der Waals surface area (Å²) in [6.07, 6.45) is 1.72. The molecule has 0 radical (unpaired) electrons. The molecule has 1 aliphatic rings. The standard InChI is InChI=1S/C13H16ClFN2O3S/c14-10-4-3-5-11(15)12(10)13(18)16-6-9-21(19,20)17-7-1-2-8-17/h3-5H,1-2,6-9H2,(H,16,18). The van der Waals surface area contributed by atoms with Crippen LogP contribution in [0.25, 0.3) is 0 Å². The molecule has 0 unspecified atom stereocenters. The first-order valence-corrected chi connectivity index (χ1v) is 8.60. The molecular weight excluding hydrogens is 319 g/mol. The van der Waals surface area contributed by atoms with Gasteiger partial charge in [0.2, 0.25) is 10.0 Å². The Kier molecular flexibility index (Phi) is 5.18. The van der Waals surface area contributed by atoms with Crippen molar-refractivity contribution >= 4 is 27.5 Å². The van der Waals surface area contributed by atoms with E-state index in [4.69, 9.17) is 11.6 Å². The smallest absolute Gasteiger partial charge is 0.255 e. The number of benzene rings is 1. The summed E-state index contributed by atoms with van der Waals surface area (Å²) in [5.74, 6) is -1.65. The minimum atomic E-state index is -3.37. The fourth-order valence-corrected chi connectivity index (χ4v) is 3.87. The normalized spacial score (nSPS) is 16.1. The number of amides is 1. The second kappa shape index (κ2) is 6.72. The molecule has 0 saturated carbocycles. The highest BCUT2D eigenvalue weighted by molar-refractivity contribution is 7.89. The summed E-state index contributed by atoms with van der Waals surface area (Å²) in [7, 11) is -3.37. The molecule has 1 aromatic carbocycles. The van der Waals surface area contributed by atoms with Crippen molar-refractivity contribution in [1.82, 2.24) is 9.62 Å². The zero-order chi connectivity index (χ0) is 15.5. The van der Waals surface area contributed by atoms with E-state index in [1.165, 1.54) is 16.4 Å². The molecule has 0 bridgehead atoms. The van der Waals surface area contributed by atoms with Crippen LogP contribution in [0.2, 0.25) is 5.02 Å². The molecule has 1 aromatic rings. The Morgan fingerprint density at radius 1 is 1.33 bits per heavy atom. The number of nitrogens with zero attached hydrogens (tertiary/aromatic N) is 1. The zero-order valence-corrected chi connectivity index (χ0v) is 12.9. The number of halogens is 2. The largest absolute Gasteiger partial charge is 0.351 e. The molecule has 1 N–H and O–H groups in total. The van der Waals surface area contributed by atoms with Crippen LogP contribution in [-0.4, -0.2) is 44.0 Å². The number of carbonyl (C=O) groups is 1. The molecule has 1 saturated heterocycles. The molecule has 116 valence electrons. The third-order valence-corrected chi connectivity index (χ3v) is 5.48. The maximum Gasteiger partial charge on any atom is 0.255 e. The van der Waals surface area contributed by atoms with E-state index in [1.54, 1.807) is 0 Å². The van der Waals surface area contributed by atoms with Crippen LogP contribution in [0.3, 0.4) is 0 Å². The van der Waals surface area contributed by atoms with E-state index < -0.39 is 21.7 Å². The molecule has 0 spiro atoms. The highest BCUT2D eigenvalue weighted by Gasteiger charge is 2.25. The van der Waals surface area contributed by atoms with E-state index in [2.05, 4.69) is 5.32 Å². The van der Waals surface area contributed by atoms with Crippen molar-refractivity contribution in [1.29, 1.82) is 0 Å². The fourth-order valence-electron chi connectivity index (χ4n) is 2.19. The van der Waals surface area contributed by atoms with Crippen LogP contribution in [-0.2, 0) is 10.0 Å². The minimum Gasteiger partial charge on any atom is -0.351 e. The molecule has 5 nitrogen and oxygen atoms in total. The number of carbonyl (C=O) groups excluding carboxylic acids is 1. The number of sulfonamides is 1. The number of nitrogens with one attached hydrogen (secondary N) is 1. The van der Waals surface area contributed by atoms with Gasteiger partial charge in [0.25, 0.3) is 5.91 Å². The van der Waals surface area contributed by atoms with Crippen molar-refractivity contribution in [3.8, 4) is 0 Å². The molecule has 1 fully saturated rings. The van der Waals surface area contributed by atoms with Crippen molar-refractivity contribution in [3.63, 3.8) is 0 Å². The maximum atomic E-state index is 13.5. The van der Waals surface area contributed by atoms with Gasteiger partial charge in [-0.3, -0.25) is 4.79 Å². The Morgan fingerprint density at radius 3 is 2.62 bits per heavy atom. The lowest BCUT2D eigenvalue weighted by Crippen LogP contribution is -2.36. The monoisotopic (exact) mass is 334 g/mol. The average molecular weight is 335 g/mol. The molecule has 0 aromatic heterocycles. The summed E-state index contributed by atoms with van der Waals surface area (Å²) < 4.78 is 38.9. The SMILES string of the molecule is O=C(NCCS(=O)(=O)N1CCCC1)c1c(F)cccc1Cl. The van der Waals surface area contributed by atoms with Crippen LogP contribution in [0.5, 0.6) is 0 Å². The van der Waals surface area contributed by atoms with E-state index in [1.807, 2.05) is 0 Å². The molecular formula is C13H16ClFN2O3S. The van der Waals surface area contributed by atoms with Gasteiger partial charge in [-0.05, 0) is 25.0 Å². The molecule has 0 aliphatic carbocycles. The summed E-state index contributed by atoms with van der Waals surface area (Å²) in [5, 5.41) is 2.39. The van der Waals surface area contributed by atoms with Crippen LogP contribution in [0, 0.1) is 5.82 Å². The van der Waals surface area contributed by atoms with Crippen molar-refractivity contribution in [2.45, 2.75) is 12.8 Å². The van der Waals surface area contributed by atoms with Gasteiger partial charge in [-0.25, -0.2) is 17.1 Å². The summed E-state index contributed by atoms with van der Waals surface area (Å²) >= 11 is 5.77. The van der Waals surface area contributed by atoms with Gasteiger partial charge in [0.1, 0.15) is 5.82 Å². The van der Waals surface area contributed by atoms with Gasteiger partial charge in [0.15, 0.2) is 0 Å². The molecule has 2 rings (SSSR count). The van der Waals surface area contributed by atoms with Crippen molar-refractivity contribution in [2.75, 3.05) is 25.4 Å². The van der Waals surface area contributed by atoms with Crippen LogP contribution in [0.4, 0.5) is 4.39 Å². The highest BCUT2D eigenvalue weighted by atomic mass is 35.5. The van der Waals surface area contributed by atoms with Gasteiger partial charge < -0.3 is 5.32 Å². The summed E-state index contributed by atoms with van der Waals surface area (Å²) in [6.45, 7) is 0.965. The predicted octanol–water partition coefficient (Wildman–Crippen LogP) is 1.63. The van der Waals surface area contributed by atoms with Crippen LogP contribution < -0.4 is 5.32 Å². The fraction of sp³-hybridized carbons (Fsp3) is 0.462. The lowest BCUT2D eigenvalue weighted by Gasteiger charge is -2.15. The van der Waals surface area contributed by atoms with Gasteiger partial charge in [0.05, 0.1) is 16.3 Å². The Labute approximate surface area is 128 Å². The van der Waals surface area contributed by atoms with E-state index in [-0.39, 0.29) is 22.9 Å². The van der Waals surface area contributed by atoms with Crippen LogP contribution >= 0.6 is 11.6 Å². The Hall–Kier alpha value is -1.18. The first-order chi connectivity index (χ1) is 9.92. The Balaban J connectivity index is 1.93. The molecule has 1 amide bonds.